The molecular weight excluding hydrogens is 298 g/mol. The van der Waals surface area contributed by atoms with Gasteiger partial charge in [0.15, 0.2) is 15.8 Å². The molecule has 1 aliphatic rings. The summed E-state index contributed by atoms with van der Waals surface area (Å²) >= 11 is 0. The lowest BCUT2D eigenvalue weighted by atomic mass is 10.1. The van der Waals surface area contributed by atoms with E-state index < -0.39 is 9.84 Å². The molecule has 6 heteroatoms. The zero-order valence-corrected chi connectivity index (χ0v) is 14.5. The number of aliphatic imine (C=N–C) groups is 1. The van der Waals surface area contributed by atoms with Gasteiger partial charge in [-0.05, 0) is 43.4 Å². The SMILES string of the molecule is CCNC(=NCc1ccc(S(C)(=O)=O)c(C)c1)NC1CC1C. The van der Waals surface area contributed by atoms with Gasteiger partial charge in [-0.2, -0.15) is 0 Å². The van der Waals surface area contributed by atoms with Crippen LogP contribution >= 0.6 is 0 Å². The van der Waals surface area contributed by atoms with Crippen LogP contribution in [0.5, 0.6) is 0 Å². The summed E-state index contributed by atoms with van der Waals surface area (Å²) < 4.78 is 23.3. The molecule has 2 N–H and O–H groups in total. The molecule has 1 aromatic carbocycles. The molecule has 0 aromatic heterocycles. The first-order valence-corrected chi connectivity index (χ1v) is 9.55. The van der Waals surface area contributed by atoms with E-state index in [2.05, 4.69) is 22.5 Å². The molecule has 1 aliphatic carbocycles. The van der Waals surface area contributed by atoms with Crippen molar-refractivity contribution in [3.8, 4) is 0 Å². The van der Waals surface area contributed by atoms with Gasteiger partial charge in [0.05, 0.1) is 11.4 Å². The lowest BCUT2D eigenvalue weighted by molar-refractivity contribution is 0.601. The van der Waals surface area contributed by atoms with Gasteiger partial charge in [0.1, 0.15) is 0 Å². The summed E-state index contributed by atoms with van der Waals surface area (Å²) in [7, 11) is -3.16. The van der Waals surface area contributed by atoms with E-state index in [9.17, 15) is 8.42 Å². The lowest BCUT2D eigenvalue weighted by Gasteiger charge is -2.11. The lowest BCUT2D eigenvalue weighted by Crippen LogP contribution is -2.39. The number of guanidine groups is 1. The average molecular weight is 323 g/mol. The molecule has 0 spiro atoms. The van der Waals surface area contributed by atoms with Gasteiger partial charge < -0.3 is 10.6 Å². The van der Waals surface area contributed by atoms with E-state index in [1.807, 2.05) is 26.0 Å². The van der Waals surface area contributed by atoms with E-state index in [4.69, 9.17) is 0 Å². The Kier molecular flexibility index (Phi) is 5.11. The van der Waals surface area contributed by atoms with Crippen LogP contribution in [0, 0.1) is 12.8 Å². The Morgan fingerprint density at radius 1 is 1.41 bits per heavy atom. The Labute approximate surface area is 133 Å². The summed E-state index contributed by atoms with van der Waals surface area (Å²) in [5.41, 5.74) is 1.77. The van der Waals surface area contributed by atoms with Gasteiger partial charge in [0.25, 0.3) is 0 Å². The van der Waals surface area contributed by atoms with Crippen molar-refractivity contribution < 1.29 is 8.42 Å². The predicted molar refractivity (Wildman–Crippen MR) is 89.8 cm³/mol. The van der Waals surface area contributed by atoms with Gasteiger partial charge in [-0.3, -0.25) is 0 Å². The molecule has 2 rings (SSSR count). The fourth-order valence-corrected chi connectivity index (χ4v) is 3.37. The number of sulfone groups is 1. The van der Waals surface area contributed by atoms with Gasteiger partial charge in [0.2, 0.25) is 0 Å². The molecule has 5 nitrogen and oxygen atoms in total. The third kappa shape index (κ3) is 4.47. The number of nitrogens with zero attached hydrogens (tertiary/aromatic N) is 1. The summed E-state index contributed by atoms with van der Waals surface area (Å²) in [4.78, 5) is 4.96. The highest BCUT2D eigenvalue weighted by Gasteiger charge is 2.33. The molecular formula is C16H25N3O2S. The zero-order valence-electron chi connectivity index (χ0n) is 13.7. The van der Waals surface area contributed by atoms with Crippen molar-refractivity contribution in [2.24, 2.45) is 10.9 Å². The standard InChI is InChI=1S/C16H25N3O2S/c1-5-17-16(19-14-9-11(14)2)18-10-13-6-7-15(12(3)8-13)22(4,20)21/h6-8,11,14H,5,9-10H2,1-4H3,(H2,17,18,19). The van der Waals surface area contributed by atoms with Gasteiger partial charge in [-0.15, -0.1) is 0 Å². The van der Waals surface area contributed by atoms with Crippen LogP contribution in [0.15, 0.2) is 28.1 Å². The van der Waals surface area contributed by atoms with Crippen molar-refractivity contribution in [3.63, 3.8) is 0 Å². The van der Waals surface area contributed by atoms with Crippen molar-refractivity contribution in [3.05, 3.63) is 29.3 Å². The van der Waals surface area contributed by atoms with Crippen LogP contribution in [0.2, 0.25) is 0 Å². The fraction of sp³-hybridized carbons (Fsp3) is 0.562. The second kappa shape index (κ2) is 6.69. The minimum Gasteiger partial charge on any atom is -0.357 e. The molecule has 0 radical (unpaired) electrons. The molecule has 1 saturated carbocycles. The number of nitrogens with one attached hydrogen (secondary N) is 2. The van der Waals surface area contributed by atoms with E-state index in [1.54, 1.807) is 6.07 Å². The normalized spacial score (nSPS) is 21.5. The molecule has 2 atom stereocenters. The fourth-order valence-electron chi connectivity index (χ4n) is 2.42. The summed E-state index contributed by atoms with van der Waals surface area (Å²) in [6.07, 6.45) is 2.42. The van der Waals surface area contributed by atoms with Gasteiger partial charge in [-0.25, -0.2) is 13.4 Å². The predicted octanol–water partition coefficient (Wildman–Crippen LogP) is 1.86. The first-order valence-electron chi connectivity index (χ1n) is 7.65. The van der Waals surface area contributed by atoms with Crippen molar-refractivity contribution in [1.29, 1.82) is 0 Å². The van der Waals surface area contributed by atoms with Gasteiger partial charge >= 0.3 is 0 Å². The molecule has 122 valence electrons. The molecule has 0 aliphatic heterocycles. The smallest absolute Gasteiger partial charge is 0.191 e. The van der Waals surface area contributed by atoms with E-state index in [0.717, 1.165) is 23.6 Å². The Morgan fingerprint density at radius 3 is 2.59 bits per heavy atom. The highest BCUT2D eigenvalue weighted by molar-refractivity contribution is 7.90. The molecule has 0 heterocycles. The van der Waals surface area contributed by atoms with Crippen LogP contribution in [-0.4, -0.2) is 33.2 Å². The molecule has 1 fully saturated rings. The van der Waals surface area contributed by atoms with Crippen molar-refractivity contribution >= 4 is 15.8 Å². The van der Waals surface area contributed by atoms with Crippen molar-refractivity contribution in [2.45, 2.75) is 44.7 Å². The maximum Gasteiger partial charge on any atom is 0.191 e. The largest absolute Gasteiger partial charge is 0.357 e. The summed E-state index contributed by atoms with van der Waals surface area (Å²) in [5.74, 6) is 1.53. The molecule has 2 unspecified atom stereocenters. The Hall–Kier alpha value is -1.56. The summed E-state index contributed by atoms with van der Waals surface area (Å²) in [5, 5.41) is 6.64. The van der Waals surface area contributed by atoms with Gasteiger partial charge in [0, 0.05) is 18.8 Å². The third-order valence-electron chi connectivity index (χ3n) is 3.83. The zero-order chi connectivity index (χ0) is 16.3. The summed E-state index contributed by atoms with van der Waals surface area (Å²) in [6.45, 7) is 7.42. The molecule has 0 saturated heterocycles. The third-order valence-corrected chi connectivity index (χ3v) is 5.09. The Balaban J connectivity index is 2.08. The average Bonchev–Trinajstić information content (AvgIpc) is 3.10. The highest BCUT2D eigenvalue weighted by atomic mass is 32.2. The van der Waals surface area contributed by atoms with E-state index >= 15 is 0 Å². The molecule has 22 heavy (non-hydrogen) atoms. The number of aryl methyl sites for hydroxylation is 1. The van der Waals surface area contributed by atoms with Crippen molar-refractivity contribution in [1.82, 2.24) is 10.6 Å². The van der Waals surface area contributed by atoms with E-state index in [0.29, 0.717) is 23.4 Å². The van der Waals surface area contributed by atoms with Crippen LogP contribution in [-0.2, 0) is 16.4 Å². The molecule has 0 bridgehead atoms. The number of hydrogen-bond acceptors (Lipinski definition) is 3. The van der Waals surface area contributed by atoms with Gasteiger partial charge in [-0.1, -0.05) is 19.1 Å². The van der Waals surface area contributed by atoms with Crippen LogP contribution in [0.3, 0.4) is 0 Å². The van der Waals surface area contributed by atoms with Crippen LogP contribution in [0.25, 0.3) is 0 Å². The molecule has 0 amide bonds. The first-order chi connectivity index (χ1) is 10.3. The minimum absolute atomic E-state index is 0.386. The topological polar surface area (TPSA) is 70.6 Å². The number of benzene rings is 1. The Morgan fingerprint density at radius 2 is 2.09 bits per heavy atom. The van der Waals surface area contributed by atoms with Crippen LogP contribution < -0.4 is 10.6 Å². The minimum atomic E-state index is -3.16. The monoisotopic (exact) mass is 323 g/mol. The summed E-state index contributed by atoms with van der Waals surface area (Å²) in [6, 6.07) is 5.91. The van der Waals surface area contributed by atoms with Crippen LogP contribution in [0.4, 0.5) is 0 Å². The number of rotatable bonds is 5. The van der Waals surface area contributed by atoms with Crippen molar-refractivity contribution in [2.75, 3.05) is 12.8 Å². The molecule has 1 aromatic rings. The Bertz CT molecular complexity index is 668. The highest BCUT2D eigenvalue weighted by Crippen LogP contribution is 2.28. The number of hydrogen-bond donors (Lipinski definition) is 2. The van der Waals surface area contributed by atoms with E-state index in [-0.39, 0.29) is 0 Å². The second-order valence-corrected chi connectivity index (χ2v) is 8.02. The maximum absolute atomic E-state index is 11.6. The quantitative estimate of drug-likeness (QED) is 0.641. The first kappa shape index (κ1) is 16.8. The second-order valence-electron chi connectivity index (χ2n) is 6.03. The van der Waals surface area contributed by atoms with Crippen LogP contribution in [0.1, 0.15) is 31.4 Å². The van der Waals surface area contributed by atoms with E-state index in [1.165, 1.54) is 12.7 Å². The maximum atomic E-state index is 11.6.